The predicted molar refractivity (Wildman–Crippen MR) is 97.1 cm³/mol. The van der Waals surface area contributed by atoms with Gasteiger partial charge in [0.15, 0.2) is 18.3 Å². The maximum atomic E-state index is 11.8. The molecule has 0 atom stereocenters. The Bertz CT molecular complexity index is 961. The van der Waals surface area contributed by atoms with Gasteiger partial charge < -0.3 is 10.1 Å². The van der Waals surface area contributed by atoms with Crippen LogP contribution in [0.2, 0.25) is 10.2 Å². The molecule has 2 aromatic heterocycles. The molecule has 9 nitrogen and oxygen atoms in total. The van der Waals surface area contributed by atoms with Crippen LogP contribution in [0.4, 0.5) is 5.69 Å². The quantitative estimate of drug-likeness (QED) is 0.493. The number of tetrazole rings is 1. The van der Waals surface area contributed by atoms with Crippen molar-refractivity contribution >= 4 is 40.8 Å². The van der Waals surface area contributed by atoms with Crippen LogP contribution in [0.25, 0.3) is 11.4 Å². The number of nitrogens with one attached hydrogen (secondary N) is 1. The van der Waals surface area contributed by atoms with Gasteiger partial charge in [-0.2, -0.15) is 4.80 Å². The molecule has 27 heavy (non-hydrogen) atoms. The molecule has 0 spiro atoms. The van der Waals surface area contributed by atoms with E-state index in [-0.39, 0.29) is 11.7 Å². The van der Waals surface area contributed by atoms with E-state index in [1.807, 2.05) is 0 Å². The Kier molecular flexibility index (Phi) is 5.94. The molecule has 1 N–H and O–H groups in total. The lowest BCUT2D eigenvalue weighted by molar-refractivity contribution is -0.148. The molecule has 0 saturated heterocycles. The van der Waals surface area contributed by atoms with Crippen LogP contribution >= 0.6 is 23.2 Å². The van der Waals surface area contributed by atoms with E-state index in [2.05, 4.69) is 25.7 Å². The first kappa shape index (κ1) is 18.7. The molecule has 3 rings (SSSR count). The lowest BCUT2D eigenvalue weighted by atomic mass is 10.2. The van der Waals surface area contributed by atoms with Gasteiger partial charge in [-0.05, 0) is 41.6 Å². The predicted octanol–water partition coefficient (Wildman–Crippen LogP) is 2.22. The number of anilines is 1. The molecule has 2 heterocycles. The Balaban J connectivity index is 1.50. The van der Waals surface area contributed by atoms with Crippen molar-refractivity contribution < 1.29 is 14.3 Å². The first-order chi connectivity index (χ1) is 13.0. The third kappa shape index (κ3) is 5.22. The molecule has 0 aliphatic carbocycles. The van der Waals surface area contributed by atoms with E-state index < -0.39 is 18.5 Å². The number of carbonyl (C=O) groups excluding carboxylic acids is 2. The van der Waals surface area contributed by atoms with Gasteiger partial charge in [-0.1, -0.05) is 23.2 Å². The fourth-order valence-corrected chi connectivity index (χ4v) is 2.29. The van der Waals surface area contributed by atoms with Crippen molar-refractivity contribution in [1.29, 1.82) is 0 Å². The zero-order valence-electron chi connectivity index (χ0n) is 13.7. The number of pyridine rings is 1. The van der Waals surface area contributed by atoms with Gasteiger partial charge >= 0.3 is 5.97 Å². The van der Waals surface area contributed by atoms with Gasteiger partial charge in [-0.3, -0.25) is 4.79 Å². The normalized spacial score (nSPS) is 10.4. The van der Waals surface area contributed by atoms with Gasteiger partial charge in [-0.25, -0.2) is 9.78 Å². The van der Waals surface area contributed by atoms with E-state index in [0.717, 1.165) is 4.80 Å². The minimum Gasteiger partial charge on any atom is -0.454 e. The molecule has 0 saturated carbocycles. The molecule has 3 aromatic rings. The Morgan fingerprint density at radius 2 is 1.93 bits per heavy atom. The largest absolute Gasteiger partial charge is 0.454 e. The molecule has 0 radical (unpaired) electrons. The Morgan fingerprint density at radius 1 is 1.15 bits per heavy atom. The summed E-state index contributed by atoms with van der Waals surface area (Å²) in [4.78, 5) is 28.5. The van der Waals surface area contributed by atoms with Gasteiger partial charge in [-0.15, -0.1) is 10.2 Å². The lowest BCUT2D eigenvalue weighted by Crippen LogP contribution is -2.23. The van der Waals surface area contributed by atoms with E-state index in [4.69, 9.17) is 27.9 Å². The molecule has 0 fully saturated rings. The number of hydrogen-bond donors (Lipinski definition) is 1. The smallest absolute Gasteiger partial charge is 0.330 e. The highest BCUT2D eigenvalue weighted by Gasteiger charge is 2.13. The summed E-state index contributed by atoms with van der Waals surface area (Å²) in [6, 6.07) is 10.0. The molecule has 138 valence electrons. The summed E-state index contributed by atoms with van der Waals surface area (Å²) in [5.74, 6) is -0.905. The summed E-state index contributed by atoms with van der Waals surface area (Å²) in [6.45, 7) is -0.773. The second kappa shape index (κ2) is 8.56. The van der Waals surface area contributed by atoms with Crippen molar-refractivity contribution in [3.63, 3.8) is 0 Å². The third-order valence-electron chi connectivity index (χ3n) is 3.22. The van der Waals surface area contributed by atoms with Gasteiger partial charge in [0, 0.05) is 16.8 Å². The van der Waals surface area contributed by atoms with Gasteiger partial charge in [0.1, 0.15) is 0 Å². The molecular weight excluding hydrogens is 395 g/mol. The summed E-state index contributed by atoms with van der Waals surface area (Å²) >= 11 is 11.7. The minimum atomic E-state index is -0.692. The van der Waals surface area contributed by atoms with Gasteiger partial charge in [0.2, 0.25) is 5.82 Å². The molecule has 0 bridgehead atoms. The van der Waals surface area contributed by atoms with Crippen LogP contribution in [0.1, 0.15) is 0 Å². The molecule has 0 aliphatic heterocycles. The van der Waals surface area contributed by atoms with Crippen LogP contribution < -0.4 is 5.32 Å². The average Bonchev–Trinajstić information content (AvgIpc) is 3.11. The number of esters is 1. The monoisotopic (exact) mass is 406 g/mol. The Labute approximate surface area is 163 Å². The van der Waals surface area contributed by atoms with Crippen molar-refractivity contribution in [3.8, 4) is 11.4 Å². The van der Waals surface area contributed by atoms with E-state index in [1.54, 1.807) is 36.4 Å². The van der Waals surface area contributed by atoms with Crippen LogP contribution in [0.15, 0.2) is 42.6 Å². The van der Waals surface area contributed by atoms with Crippen LogP contribution in [0, 0.1) is 0 Å². The van der Waals surface area contributed by atoms with E-state index >= 15 is 0 Å². The van der Waals surface area contributed by atoms with Crippen molar-refractivity contribution in [2.24, 2.45) is 0 Å². The second-order valence-corrected chi connectivity index (χ2v) is 6.00. The number of amides is 1. The van der Waals surface area contributed by atoms with Crippen molar-refractivity contribution in [2.75, 3.05) is 11.9 Å². The first-order valence-electron chi connectivity index (χ1n) is 7.61. The zero-order chi connectivity index (χ0) is 19.2. The fraction of sp³-hybridized carbons (Fsp3) is 0.125. The highest BCUT2D eigenvalue weighted by atomic mass is 35.5. The fourth-order valence-electron chi connectivity index (χ4n) is 2.00. The van der Waals surface area contributed by atoms with Crippen molar-refractivity contribution in [1.82, 2.24) is 25.2 Å². The number of aromatic nitrogens is 5. The molecule has 0 unspecified atom stereocenters. The maximum Gasteiger partial charge on any atom is 0.330 e. The zero-order valence-corrected chi connectivity index (χ0v) is 15.2. The number of rotatable bonds is 6. The number of halogens is 2. The molecule has 11 heteroatoms. The average molecular weight is 407 g/mol. The second-order valence-electron chi connectivity index (χ2n) is 5.20. The highest BCUT2D eigenvalue weighted by Crippen LogP contribution is 2.18. The first-order valence-corrected chi connectivity index (χ1v) is 8.36. The van der Waals surface area contributed by atoms with E-state index in [1.165, 1.54) is 6.20 Å². The molecule has 1 amide bonds. The Hall–Kier alpha value is -3.04. The van der Waals surface area contributed by atoms with Crippen molar-refractivity contribution in [3.05, 3.63) is 52.8 Å². The highest BCUT2D eigenvalue weighted by molar-refractivity contribution is 6.32. The number of ether oxygens (including phenoxy) is 1. The van der Waals surface area contributed by atoms with E-state index in [9.17, 15) is 9.59 Å². The van der Waals surface area contributed by atoms with E-state index in [0.29, 0.717) is 22.1 Å². The summed E-state index contributed by atoms with van der Waals surface area (Å²) in [5.41, 5.74) is 1.03. The number of hydrogen-bond acceptors (Lipinski definition) is 7. The van der Waals surface area contributed by atoms with Crippen LogP contribution in [-0.4, -0.2) is 43.7 Å². The lowest BCUT2D eigenvalue weighted by Gasteiger charge is -2.07. The SMILES string of the molecule is O=C(COC(=O)Cn1nnc(-c2ccc(Cl)cc2)n1)Nc1cccnc1Cl. The standard InChI is InChI=1S/C16H12Cl2N6O3/c17-11-5-3-10(4-6-11)16-21-23-24(22-16)8-14(26)27-9-13(25)20-12-2-1-7-19-15(12)18/h1-7H,8-9H2,(H,20,25). The topological polar surface area (TPSA) is 112 Å². The van der Waals surface area contributed by atoms with Crippen LogP contribution in [-0.2, 0) is 20.9 Å². The van der Waals surface area contributed by atoms with Crippen LogP contribution in [0.5, 0.6) is 0 Å². The molecular formula is C16H12Cl2N6O3. The summed E-state index contributed by atoms with van der Waals surface area (Å²) in [7, 11) is 0. The van der Waals surface area contributed by atoms with Crippen molar-refractivity contribution in [2.45, 2.75) is 6.54 Å². The summed E-state index contributed by atoms with van der Waals surface area (Å²) in [5, 5.41) is 14.9. The number of benzene rings is 1. The maximum absolute atomic E-state index is 11.8. The molecule has 0 aliphatic rings. The Morgan fingerprint density at radius 3 is 2.67 bits per heavy atom. The third-order valence-corrected chi connectivity index (χ3v) is 3.78. The number of nitrogens with zero attached hydrogens (tertiary/aromatic N) is 5. The van der Waals surface area contributed by atoms with Gasteiger partial charge in [0.25, 0.3) is 5.91 Å². The van der Waals surface area contributed by atoms with Crippen LogP contribution in [0.3, 0.4) is 0 Å². The molecule has 1 aromatic carbocycles. The summed E-state index contributed by atoms with van der Waals surface area (Å²) in [6.07, 6.45) is 1.49. The number of carbonyl (C=O) groups is 2. The van der Waals surface area contributed by atoms with Gasteiger partial charge in [0.05, 0.1) is 5.69 Å². The summed E-state index contributed by atoms with van der Waals surface area (Å²) < 4.78 is 4.89. The minimum absolute atomic E-state index is 0.138.